The highest BCUT2D eigenvalue weighted by molar-refractivity contribution is 5.19. The molecule has 0 fully saturated rings. The van der Waals surface area contributed by atoms with Crippen molar-refractivity contribution in [2.24, 2.45) is 0 Å². The lowest BCUT2D eigenvalue weighted by Gasteiger charge is -2.02. The minimum Gasteiger partial charge on any atom is -0.383 e. The van der Waals surface area contributed by atoms with Gasteiger partial charge in [-0.1, -0.05) is 12.1 Å². The summed E-state index contributed by atoms with van der Waals surface area (Å²) in [6.07, 6.45) is 2.03. The van der Waals surface area contributed by atoms with Crippen LogP contribution in [0.2, 0.25) is 0 Å². The SMILES string of the molecule is COCCNCc1cn(Cc2ccc(F)cc2)nc1C. The molecular formula is C15H20FN3O. The highest BCUT2D eigenvalue weighted by Crippen LogP contribution is 2.09. The van der Waals surface area contributed by atoms with Crippen molar-refractivity contribution in [1.82, 2.24) is 15.1 Å². The molecule has 0 aliphatic rings. The fraction of sp³-hybridized carbons (Fsp3) is 0.400. The summed E-state index contributed by atoms with van der Waals surface area (Å²) in [6.45, 7) is 4.94. The molecule has 0 aliphatic carbocycles. The number of aryl methyl sites for hydroxylation is 1. The van der Waals surface area contributed by atoms with Gasteiger partial charge in [0, 0.05) is 32.0 Å². The summed E-state index contributed by atoms with van der Waals surface area (Å²) in [5.41, 5.74) is 3.22. The van der Waals surface area contributed by atoms with Crippen LogP contribution >= 0.6 is 0 Å². The fourth-order valence-electron chi connectivity index (χ4n) is 1.99. The quantitative estimate of drug-likeness (QED) is 0.788. The number of rotatable bonds is 7. The van der Waals surface area contributed by atoms with E-state index in [4.69, 9.17) is 4.74 Å². The number of nitrogens with one attached hydrogen (secondary N) is 1. The van der Waals surface area contributed by atoms with Crippen LogP contribution in [-0.4, -0.2) is 30.0 Å². The maximum Gasteiger partial charge on any atom is 0.123 e. The molecule has 0 saturated carbocycles. The van der Waals surface area contributed by atoms with E-state index in [1.54, 1.807) is 19.2 Å². The Morgan fingerprint density at radius 2 is 2.05 bits per heavy atom. The maximum absolute atomic E-state index is 12.9. The van der Waals surface area contributed by atoms with Crippen molar-refractivity contribution in [3.63, 3.8) is 0 Å². The molecule has 0 saturated heterocycles. The Balaban J connectivity index is 1.94. The Bertz CT molecular complexity index is 537. The number of nitrogens with zero attached hydrogens (tertiary/aromatic N) is 2. The van der Waals surface area contributed by atoms with Crippen molar-refractivity contribution in [3.05, 3.63) is 53.1 Å². The van der Waals surface area contributed by atoms with Crippen molar-refractivity contribution < 1.29 is 9.13 Å². The lowest BCUT2D eigenvalue weighted by atomic mass is 10.2. The molecule has 0 bridgehead atoms. The van der Waals surface area contributed by atoms with Crippen LogP contribution in [0.1, 0.15) is 16.8 Å². The smallest absolute Gasteiger partial charge is 0.123 e. The van der Waals surface area contributed by atoms with Crippen molar-refractivity contribution >= 4 is 0 Å². The van der Waals surface area contributed by atoms with E-state index < -0.39 is 0 Å². The zero-order chi connectivity index (χ0) is 14.4. The second kappa shape index (κ2) is 7.17. The van der Waals surface area contributed by atoms with Gasteiger partial charge in [0.2, 0.25) is 0 Å². The van der Waals surface area contributed by atoms with Gasteiger partial charge in [0.25, 0.3) is 0 Å². The van der Waals surface area contributed by atoms with Crippen LogP contribution < -0.4 is 5.32 Å². The van der Waals surface area contributed by atoms with Gasteiger partial charge in [-0.2, -0.15) is 5.10 Å². The third-order valence-electron chi connectivity index (χ3n) is 3.10. The van der Waals surface area contributed by atoms with Gasteiger partial charge in [0.1, 0.15) is 5.82 Å². The summed E-state index contributed by atoms with van der Waals surface area (Å²) in [4.78, 5) is 0. The number of ether oxygens (including phenoxy) is 1. The first kappa shape index (κ1) is 14.7. The zero-order valence-electron chi connectivity index (χ0n) is 11.9. The largest absolute Gasteiger partial charge is 0.383 e. The first-order valence-electron chi connectivity index (χ1n) is 6.66. The van der Waals surface area contributed by atoms with Crippen molar-refractivity contribution in [2.75, 3.05) is 20.3 Å². The first-order chi connectivity index (χ1) is 9.69. The van der Waals surface area contributed by atoms with Gasteiger partial charge < -0.3 is 10.1 Å². The lowest BCUT2D eigenvalue weighted by molar-refractivity contribution is 0.199. The van der Waals surface area contributed by atoms with Gasteiger partial charge in [-0.3, -0.25) is 4.68 Å². The van der Waals surface area contributed by atoms with Gasteiger partial charge in [-0.05, 0) is 24.6 Å². The molecule has 0 spiro atoms. The van der Waals surface area contributed by atoms with Crippen molar-refractivity contribution in [1.29, 1.82) is 0 Å². The Hall–Kier alpha value is -1.72. The Morgan fingerprint density at radius 1 is 1.30 bits per heavy atom. The van der Waals surface area contributed by atoms with E-state index in [2.05, 4.69) is 10.4 Å². The number of aromatic nitrogens is 2. The molecule has 2 rings (SSSR count). The predicted octanol–water partition coefficient (Wildman–Crippen LogP) is 2.11. The van der Waals surface area contributed by atoms with E-state index in [0.29, 0.717) is 13.2 Å². The molecule has 5 heteroatoms. The van der Waals surface area contributed by atoms with Crippen LogP contribution in [0.4, 0.5) is 4.39 Å². The molecule has 0 aliphatic heterocycles. The topological polar surface area (TPSA) is 39.1 Å². The molecule has 1 aromatic heterocycles. The Labute approximate surface area is 118 Å². The molecule has 2 aromatic rings. The molecule has 4 nitrogen and oxygen atoms in total. The molecule has 1 aromatic carbocycles. The molecule has 20 heavy (non-hydrogen) atoms. The van der Waals surface area contributed by atoms with Gasteiger partial charge in [0.15, 0.2) is 0 Å². The number of hydrogen-bond acceptors (Lipinski definition) is 3. The molecule has 1 N–H and O–H groups in total. The van der Waals surface area contributed by atoms with Crippen molar-refractivity contribution in [3.8, 4) is 0 Å². The highest BCUT2D eigenvalue weighted by atomic mass is 19.1. The van der Waals surface area contributed by atoms with Gasteiger partial charge >= 0.3 is 0 Å². The van der Waals surface area contributed by atoms with Gasteiger partial charge in [-0.15, -0.1) is 0 Å². The molecular weight excluding hydrogens is 257 g/mol. The van der Waals surface area contributed by atoms with Crippen LogP contribution in [0.5, 0.6) is 0 Å². The average Bonchev–Trinajstić information content (AvgIpc) is 2.78. The number of halogens is 1. The summed E-state index contributed by atoms with van der Waals surface area (Å²) >= 11 is 0. The summed E-state index contributed by atoms with van der Waals surface area (Å²) in [5.74, 6) is -0.214. The lowest BCUT2D eigenvalue weighted by Crippen LogP contribution is -2.18. The van der Waals surface area contributed by atoms with Crippen LogP contribution in [0.15, 0.2) is 30.5 Å². The standard InChI is InChI=1S/C15H20FN3O/c1-12-14(9-17-7-8-20-2)11-19(18-12)10-13-3-5-15(16)6-4-13/h3-6,11,17H,7-10H2,1-2H3. The number of hydrogen-bond donors (Lipinski definition) is 1. The van der Waals surface area contributed by atoms with E-state index >= 15 is 0 Å². The highest BCUT2D eigenvalue weighted by Gasteiger charge is 2.05. The molecule has 0 radical (unpaired) electrons. The summed E-state index contributed by atoms with van der Waals surface area (Å²) in [7, 11) is 1.69. The molecule has 1 heterocycles. The van der Waals surface area contributed by atoms with Crippen molar-refractivity contribution in [2.45, 2.75) is 20.0 Å². The van der Waals surface area contributed by atoms with Crippen LogP contribution in [0, 0.1) is 12.7 Å². The maximum atomic E-state index is 12.9. The molecule has 0 amide bonds. The minimum absolute atomic E-state index is 0.214. The summed E-state index contributed by atoms with van der Waals surface area (Å²) in [5, 5.41) is 7.78. The number of benzene rings is 1. The Morgan fingerprint density at radius 3 is 2.75 bits per heavy atom. The van der Waals surface area contributed by atoms with Crippen LogP contribution in [-0.2, 0) is 17.8 Å². The van der Waals surface area contributed by atoms with Gasteiger partial charge in [-0.25, -0.2) is 4.39 Å². The first-order valence-corrected chi connectivity index (χ1v) is 6.66. The zero-order valence-corrected chi connectivity index (χ0v) is 11.9. The second-order valence-electron chi connectivity index (χ2n) is 4.73. The number of methoxy groups -OCH3 is 1. The van der Waals surface area contributed by atoms with E-state index in [1.165, 1.54) is 17.7 Å². The third kappa shape index (κ3) is 4.15. The van der Waals surface area contributed by atoms with E-state index in [0.717, 1.165) is 24.3 Å². The van der Waals surface area contributed by atoms with E-state index in [1.807, 2.05) is 17.8 Å². The van der Waals surface area contributed by atoms with E-state index in [9.17, 15) is 4.39 Å². The Kier molecular flexibility index (Phi) is 5.26. The van der Waals surface area contributed by atoms with Crippen LogP contribution in [0.3, 0.4) is 0 Å². The summed E-state index contributed by atoms with van der Waals surface area (Å²) in [6, 6.07) is 6.50. The summed E-state index contributed by atoms with van der Waals surface area (Å²) < 4.78 is 19.7. The van der Waals surface area contributed by atoms with Gasteiger partial charge in [0.05, 0.1) is 18.8 Å². The average molecular weight is 277 g/mol. The molecule has 108 valence electrons. The monoisotopic (exact) mass is 277 g/mol. The molecule has 0 atom stereocenters. The third-order valence-corrected chi connectivity index (χ3v) is 3.10. The van der Waals surface area contributed by atoms with Crippen LogP contribution in [0.25, 0.3) is 0 Å². The molecule has 0 unspecified atom stereocenters. The second-order valence-corrected chi connectivity index (χ2v) is 4.73. The fourth-order valence-corrected chi connectivity index (χ4v) is 1.99. The predicted molar refractivity (Wildman–Crippen MR) is 76.0 cm³/mol. The van der Waals surface area contributed by atoms with E-state index in [-0.39, 0.29) is 5.82 Å². The normalized spacial score (nSPS) is 10.9. The minimum atomic E-state index is -0.214.